The first-order chi connectivity index (χ1) is 8.06. The number of aromatic carboxylic acids is 1. The molecule has 2 rings (SSSR count). The third-order valence-electron chi connectivity index (χ3n) is 2.07. The highest BCUT2D eigenvalue weighted by Crippen LogP contribution is 2.27. The minimum atomic E-state index is -1.05. The molecule has 1 aromatic carbocycles. The smallest absolute Gasteiger partial charge is 0.339 e. The van der Waals surface area contributed by atoms with E-state index >= 15 is 0 Å². The minimum Gasteiger partial charge on any atom is -0.478 e. The molecule has 0 amide bonds. The van der Waals surface area contributed by atoms with Crippen LogP contribution in [0.4, 0.5) is 0 Å². The largest absolute Gasteiger partial charge is 0.478 e. The van der Waals surface area contributed by atoms with Gasteiger partial charge in [0.2, 0.25) is 5.88 Å². The van der Waals surface area contributed by atoms with E-state index in [1.807, 2.05) is 6.92 Å². The summed E-state index contributed by atoms with van der Waals surface area (Å²) in [6, 6.07) is 6.46. The van der Waals surface area contributed by atoms with Crippen molar-refractivity contribution in [3.63, 3.8) is 0 Å². The molecule has 2 N–H and O–H groups in total. The zero-order valence-electron chi connectivity index (χ0n) is 8.90. The molecule has 2 aromatic rings. The predicted molar refractivity (Wildman–Crippen MR) is 64.5 cm³/mol. The lowest BCUT2D eigenvalue weighted by Crippen LogP contribution is -2.00. The van der Waals surface area contributed by atoms with Crippen LogP contribution < -0.4 is 4.74 Å². The standard InChI is InChI=1S/C11H9BrN2O3/c1-6-4-10(14-13-6)17-9-3-2-7(12)5-8(9)11(15)16/h2-5H,1H3,(H,13,14)(H,15,16). The molecule has 0 aliphatic heterocycles. The fraction of sp³-hybridized carbons (Fsp3) is 0.0909. The van der Waals surface area contributed by atoms with Gasteiger partial charge in [-0.2, -0.15) is 0 Å². The van der Waals surface area contributed by atoms with Crippen molar-refractivity contribution in [1.29, 1.82) is 0 Å². The van der Waals surface area contributed by atoms with Gasteiger partial charge in [-0.1, -0.05) is 15.9 Å². The summed E-state index contributed by atoms with van der Waals surface area (Å²) in [6.07, 6.45) is 0. The number of hydrogen-bond acceptors (Lipinski definition) is 3. The van der Waals surface area contributed by atoms with Crippen LogP contribution in [0, 0.1) is 6.92 Å². The van der Waals surface area contributed by atoms with Gasteiger partial charge in [-0.05, 0) is 25.1 Å². The molecule has 0 saturated heterocycles. The van der Waals surface area contributed by atoms with Crippen LogP contribution in [0.3, 0.4) is 0 Å². The predicted octanol–water partition coefficient (Wildman–Crippen LogP) is 2.97. The Kier molecular flexibility index (Phi) is 3.14. The highest BCUT2D eigenvalue weighted by atomic mass is 79.9. The number of nitrogens with one attached hydrogen (secondary N) is 1. The number of carboxylic acids is 1. The van der Waals surface area contributed by atoms with E-state index in [4.69, 9.17) is 9.84 Å². The number of H-pyrrole nitrogens is 1. The summed E-state index contributed by atoms with van der Waals surface area (Å²) in [5, 5.41) is 15.6. The van der Waals surface area contributed by atoms with Crippen LogP contribution in [0.5, 0.6) is 11.6 Å². The molecule has 0 bridgehead atoms. The third kappa shape index (κ3) is 2.65. The van der Waals surface area contributed by atoms with E-state index in [0.29, 0.717) is 10.4 Å². The van der Waals surface area contributed by atoms with Gasteiger partial charge in [0.05, 0.1) is 0 Å². The van der Waals surface area contributed by atoms with Crippen molar-refractivity contribution in [3.05, 3.63) is 40.0 Å². The van der Waals surface area contributed by atoms with E-state index in [-0.39, 0.29) is 11.3 Å². The number of halogens is 1. The zero-order chi connectivity index (χ0) is 12.4. The highest BCUT2D eigenvalue weighted by molar-refractivity contribution is 9.10. The van der Waals surface area contributed by atoms with Crippen LogP contribution >= 0.6 is 15.9 Å². The van der Waals surface area contributed by atoms with E-state index in [1.165, 1.54) is 6.07 Å². The summed E-state index contributed by atoms with van der Waals surface area (Å²) >= 11 is 3.21. The topological polar surface area (TPSA) is 75.2 Å². The average Bonchev–Trinajstić information content (AvgIpc) is 2.66. The first kappa shape index (κ1) is 11.7. The van der Waals surface area contributed by atoms with Gasteiger partial charge in [0.25, 0.3) is 0 Å². The van der Waals surface area contributed by atoms with Gasteiger partial charge < -0.3 is 9.84 Å². The molecule has 17 heavy (non-hydrogen) atoms. The number of aryl methyl sites for hydroxylation is 1. The number of benzene rings is 1. The van der Waals surface area contributed by atoms with Crippen molar-refractivity contribution in [3.8, 4) is 11.6 Å². The average molecular weight is 297 g/mol. The Morgan fingerprint density at radius 3 is 2.82 bits per heavy atom. The Morgan fingerprint density at radius 1 is 1.47 bits per heavy atom. The van der Waals surface area contributed by atoms with Crippen LogP contribution in [0.2, 0.25) is 0 Å². The van der Waals surface area contributed by atoms with E-state index in [1.54, 1.807) is 18.2 Å². The van der Waals surface area contributed by atoms with Crippen LogP contribution in [0.1, 0.15) is 16.1 Å². The third-order valence-corrected chi connectivity index (χ3v) is 2.56. The molecule has 0 spiro atoms. The number of nitrogens with zero attached hydrogens (tertiary/aromatic N) is 1. The molecule has 0 unspecified atom stereocenters. The van der Waals surface area contributed by atoms with Crippen LogP contribution in [0.15, 0.2) is 28.7 Å². The van der Waals surface area contributed by atoms with Gasteiger partial charge in [-0.25, -0.2) is 4.79 Å². The number of hydrogen-bond donors (Lipinski definition) is 2. The molecule has 0 atom stereocenters. The second kappa shape index (κ2) is 4.58. The highest BCUT2D eigenvalue weighted by Gasteiger charge is 2.13. The molecular weight excluding hydrogens is 288 g/mol. The number of aromatic amines is 1. The number of rotatable bonds is 3. The van der Waals surface area contributed by atoms with Gasteiger partial charge >= 0.3 is 5.97 Å². The Hall–Kier alpha value is -1.82. The first-order valence-electron chi connectivity index (χ1n) is 4.79. The minimum absolute atomic E-state index is 0.0834. The molecule has 0 fully saturated rings. The molecule has 0 saturated carbocycles. The second-order valence-electron chi connectivity index (χ2n) is 3.44. The fourth-order valence-electron chi connectivity index (χ4n) is 1.32. The van der Waals surface area contributed by atoms with Gasteiger partial charge in [0.15, 0.2) is 0 Å². The Balaban J connectivity index is 2.35. The van der Waals surface area contributed by atoms with Crippen molar-refractivity contribution >= 4 is 21.9 Å². The van der Waals surface area contributed by atoms with Gasteiger partial charge in [0.1, 0.15) is 11.3 Å². The Labute approximate surface area is 106 Å². The van der Waals surface area contributed by atoms with Gasteiger partial charge in [-0.3, -0.25) is 5.10 Å². The van der Waals surface area contributed by atoms with Crippen molar-refractivity contribution in [2.75, 3.05) is 0 Å². The lowest BCUT2D eigenvalue weighted by atomic mass is 10.2. The van der Waals surface area contributed by atoms with E-state index in [0.717, 1.165) is 5.69 Å². The maximum atomic E-state index is 11.0. The van der Waals surface area contributed by atoms with Crippen molar-refractivity contribution < 1.29 is 14.6 Å². The maximum Gasteiger partial charge on any atom is 0.339 e. The summed E-state index contributed by atoms with van der Waals surface area (Å²) in [5.41, 5.74) is 0.925. The van der Waals surface area contributed by atoms with E-state index in [9.17, 15) is 4.79 Å². The number of carboxylic acid groups (broad SMARTS) is 1. The zero-order valence-corrected chi connectivity index (χ0v) is 10.5. The molecule has 0 aliphatic rings. The summed E-state index contributed by atoms with van der Waals surface area (Å²) in [6.45, 7) is 1.83. The normalized spacial score (nSPS) is 10.2. The van der Waals surface area contributed by atoms with E-state index < -0.39 is 5.97 Å². The van der Waals surface area contributed by atoms with Crippen LogP contribution in [0.25, 0.3) is 0 Å². The summed E-state index contributed by atoms with van der Waals surface area (Å²) in [5.74, 6) is -0.451. The van der Waals surface area contributed by atoms with Crippen molar-refractivity contribution in [1.82, 2.24) is 10.2 Å². The lowest BCUT2D eigenvalue weighted by molar-refractivity contribution is 0.0694. The lowest BCUT2D eigenvalue weighted by Gasteiger charge is -2.06. The molecule has 1 heterocycles. The molecular formula is C11H9BrN2O3. The van der Waals surface area contributed by atoms with Gasteiger partial charge in [0, 0.05) is 16.2 Å². The Bertz CT molecular complexity index is 566. The Morgan fingerprint density at radius 2 is 2.24 bits per heavy atom. The van der Waals surface area contributed by atoms with Crippen LogP contribution in [-0.2, 0) is 0 Å². The first-order valence-corrected chi connectivity index (χ1v) is 5.58. The monoisotopic (exact) mass is 296 g/mol. The quantitative estimate of drug-likeness (QED) is 0.913. The molecule has 88 valence electrons. The van der Waals surface area contributed by atoms with Crippen LogP contribution in [-0.4, -0.2) is 21.3 Å². The maximum absolute atomic E-state index is 11.0. The summed E-state index contributed by atoms with van der Waals surface area (Å²) < 4.78 is 6.08. The summed E-state index contributed by atoms with van der Waals surface area (Å²) in [7, 11) is 0. The molecule has 0 radical (unpaired) electrons. The number of carbonyl (C=O) groups is 1. The van der Waals surface area contributed by atoms with E-state index in [2.05, 4.69) is 26.1 Å². The SMILES string of the molecule is Cc1cc(Oc2ccc(Br)cc2C(=O)O)n[nH]1. The number of aromatic nitrogens is 2. The number of ether oxygens (including phenoxy) is 1. The van der Waals surface area contributed by atoms with Crippen molar-refractivity contribution in [2.24, 2.45) is 0 Å². The molecule has 6 heteroatoms. The summed E-state index contributed by atoms with van der Waals surface area (Å²) in [4.78, 5) is 11.0. The van der Waals surface area contributed by atoms with Crippen molar-refractivity contribution in [2.45, 2.75) is 6.92 Å². The second-order valence-corrected chi connectivity index (χ2v) is 4.35. The molecule has 5 nitrogen and oxygen atoms in total. The fourth-order valence-corrected chi connectivity index (χ4v) is 1.68. The molecule has 1 aromatic heterocycles. The molecule has 0 aliphatic carbocycles. The van der Waals surface area contributed by atoms with Gasteiger partial charge in [-0.15, -0.1) is 5.10 Å².